The van der Waals surface area contributed by atoms with E-state index in [2.05, 4.69) is 37.4 Å². The Bertz CT molecular complexity index is 501. The minimum Gasteiger partial charge on any atom is -0.310 e. The smallest absolute Gasteiger partial charge is 0.153 e. The van der Waals surface area contributed by atoms with Gasteiger partial charge in [-0.1, -0.05) is 6.07 Å². The van der Waals surface area contributed by atoms with Crippen molar-refractivity contribution in [2.75, 3.05) is 0 Å². The van der Waals surface area contributed by atoms with Crippen molar-refractivity contribution < 1.29 is 0 Å². The Morgan fingerprint density at radius 3 is 2.82 bits per heavy atom. The fourth-order valence-electron chi connectivity index (χ4n) is 1.63. The summed E-state index contributed by atoms with van der Waals surface area (Å²) >= 11 is 3.37. The molecule has 2 aromatic rings. The van der Waals surface area contributed by atoms with Gasteiger partial charge in [0.05, 0.1) is 10.7 Å². The Morgan fingerprint density at radius 2 is 2.24 bits per heavy atom. The molecule has 0 bridgehead atoms. The molecule has 1 N–H and O–H groups in total. The van der Waals surface area contributed by atoms with Crippen molar-refractivity contribution in [2.24, 2.45) is 0 Å². The number of aromatic nitrogens is 3. The van der Waals surface area contributed by atoms with Crippen LogP contribution in [0.3, 0.4) is 0 Å². The Morgan fingerprint density at radius 1 is 1.35 bits per heavy atom. The largest absolute Gasteiger partial charge is 0.310 e. The molecule has 3 rings (SSSR count). The highest BCUT2D eigenvalue weighted by molar-refractivity contribution is 9.10. The molecule has 0 atom stereocenters. The SMILES string of the molecule is Brc1cnn(-c2ccc(CNC3CC3)cn2)c1. The van der Waals surface area contributed by atoms with Gasteiger partial charge in [-0.2, -0.15) is 5.10 Å². The first kappa shape index (κ1) is 10.9. The summed E-state index contributed by atoms with van der Waals surface area (Å²) in [6.07, 6.45) is 8.18. The molecule has 0 spiro atoms. The van der Waals surface area contributed by atoms with Gasteiger partial charge in [-0.25, -0.2) is 9.67 Å². The van der Waals surface area contributed by atoms with Gasteiger partial charge in [-0.05, 0) is 40.4 Å². The molecular formula is C12H13BrN4. The quantitative estimate of drug-likeness (QED) is 0.940. The third kappa shape index (κ3) is 2.73. The van der Waals surface area contributed by atoms with Gasteiger partial charge in [0, 0.05) is 25.0 Å². The van der Waals surface area contributed by atoms with Crippen molar-refractivity contribution in [2.45, 2.75) is 25.4 Å². The molecule has 1 aliphatic carbocycles. The minimum absolute atomic E-state index is 0.733. The van der Waals surface area contributed by atoms with Gasteiger partial charge in [-0.3, -0.25) is 0 Å². The van der Waals surface area contributed by atoms with Crippen LogP contribution in [0, 0.1) is 0 Å². The molecule has 0 unspecified atom stereocenters. The van der Waals surface area contributed by atoms with E-state index in [4.69, 9.17) is 0 Å². The first-order chi connectivity index (χ1) is 8.31. The second-order valence-corrected chi connectivity index (χ2v) is 5.20. The predicted octanol–water partition coefficient (Wildman–Crippen LogP) is 2.28. The lowest BCUT2D eigenvalue weighted by atomic mass is 10.3. The third-order valence-corrected chi connectivity index (χ3v) is 3.18. The van der Waals surface area contributed by atoms with E-state index in [9.17, 15) is 0 Å². The average molecular weight is 293 g/mol. The van der Waals surface area contributed by atoms with Crippen LogP contribution in [0.5, 0.6) is 0 Å². The number of nitrogens with one attached hydrogen (secondary N) is 1. The summed E-state index contributed by atoms with van der Waals surface area (Å²) in [7, 11) is 0. The standard InChI is InChI=1S/C12H13BrN4/c13-10-7-16-17(8-10)12-4-1-9(6-15-12)5-14-11-2-3-11/h1,4,6-8,11,14H,2-3,5H2. The molecule has 5 heteroatoms. The Balaban J connectivity index is 1.70. The highest BCUT2D eigenvalue weighted by Gasteiger charge is 2.19. The summed E-state index contributed by atoms with van der Waals surface area (Å²) in [5.74, 6) is 0.839. The van der Waals surface area contributed by atoms with E-state index in [1.807, 2.05) is 18.5 Å². The monoisotopic (exact) mass is 292 g/mol. The van der Waals surface area contributed by atoms with Gasteiger partial charge >= 0.3 is 0 Å². The molecule has 2 aromatic heterocycles. The molecule has 0 aromatic carbocycles. The number of rotatable bonds is 4. The van der Waals surface area contributed by atoms with Crippen LogP contribution in [0.15, 0.2) is 35.2 Å². The summed E-state index contributed by atoms with van der Waals surface area (Å²) in [5, 5.41) is 7.66. The van der Waals surface area contributed by atoms with Gasteiger partial charge < -0.3 is 5.32 Å². The molecule has 0 saturated heterocycles. The van der Waals surface area contributed by atoms with E-state index in [0.29, 0.717) is 0 Å². The van der Waals surface area contributed by atoms with Crippen LogP contribution in [0.1, 0.15) is 18.4 Å². The second-order valence-electron chi connectivity index (χ2n) is 4.28. The van der Waals surface area contributed by atoms with Crippen LogP contribution >= 0.6 is 15.9 Å². The first-order valence-corrected chi connectivity index (χ1v) is 6.49. The first-order valence-electron chi connectivity index (χ1n) is 5.70. The molecule has 4 nitrogen and oxygen atoms in total. The number of pyridine rings is 1. The van der Waals surface area contributed by atoms with Gasteiger partial charge in [0.15, 0.2) is 5.82 Å². The van der Waals surface area contributed by atoms with Crippen molar-refractivity contribution in [3.8, 4) is 5.82 Å². The average Bonchev–Trinajstić information content (AvgIpc) is 3.09. The number of nitrogens with zero attached hydrogens (tertiary/aromatic N) is 3. The molecule has 17 heavy (non-hydrogen) atoms. The van der Waals surface area contributed by atoms with Gasteiger partial charge in [0.25, 0.3) is 0 Å². The molecule has 88 valence electrons. The predicted molar refractivity (Wildman–Crippen MR) is 68.9 cm³/mol. The minimum atomic E-state index is 0.733. The topological polar surface area (TPSA) is 42.7 Å². The Kier molecular flexibility index (Phi) is 2.94. The zero-order valence-electron chi connectivity index (χ0n) is 9.31. The molecule has 0 aliphatic heterocycles. The molecular weight excluding hydrogens is 280 g/mol. The van der Waals surface area contributed by atoms with E-state index in [1.165, 1.54) is 18.4 Å². The van der Waals surface area contributed by atoms with Crippen molar-refractivity contribution in [3.63, 3.8) is 0 Å². The molecule has 1 fully saturated rings. The molecule has 1 saturated carbocycles. The van der Waals surface area contributed by atoms with E-state index in [-0.39, 0.29) is 0 Å². The lowest BCUT2D eigenvalue weighted by Crippen LogP contribution is -2.15. The van der Waals surface area contributed by atoms with Crippen LogP contribution in [0.25, 0.3) is 5.82 Å². The zero-order chi connectivity index (χ0) is 11.7. The van der Waals surface area contributed by atoms with Crippen molar-refractivity contribution in [1.29, 1.82) is 0 Å². The van der Waals surface area contributed by atoms with Crippen LogP contribution in [0.4, 0.5) is 0 Å². The fraction of sp³-hybridized carbons (Fsp3) is 0.333. The Hall–Kier alpha value is -1.20. The highest BCUT2D eigenvalue weighted by Crippen LogP contribution is 2.19. The lowest BCUT2D eigenvalue weighted by molar-refractivity contribution is 0.685. The van der Waals surface area contributed by atoms with E-state index in [0.717, 1.165) is 22.9 Å². The normalized spacial score (nSPS) is 15.1. The zero-order valence-corrected chi connectivity index (χ0v) is 10.9. The maximum absolute atomic E-state index is 4.40. The third-order valence-electron chi connectivity index (χ3n) is 2.77. The molecule has 0 amide bonds. The van der Waals surface area contributed by atoms with Gasteiger partial charge in [0.2, 0.25) is 0 Å². The summed E-state index contributed by atoms with van der Waals surface area (Å²) in [4.78, 5) is 4.40. The van der Waals surface area contributed by atoms with Crippen LogP contribution in [-0.2, 0) is 6.54 Å². The van der Waals surface area contributed by atoms with Crippen LogP contribution in [0.2, 0.25) is 0 Å². The van der Waals surface area contributed by atoms with E-state index < -0.39 is 0 Å². The summed E-state index contributed by atoms with van der Waals surface area (Å²) in [6, 6.07) is 4.81. The second kappa shape index (κ2) is 4.58. The Labute approximate surface area is 108 Å². The van der Waals surface area contributed by atoms with Crippen molar-refractivity contribution in [3.05, 3.63) is 40.8 Å². The lowest BCUT2D eigenvalue weighted by Gasteiger charge is -2.04. The molecule has 0 radical (unpaired) electrons. The van der Waals surface area contributed by atoms with Gasteiger partial charge in [0.1, 0.15) is 0 Å². The van der Waals surface area contributed by atoms with E-state index >= 15 is 0 Å². The number of hydrogen-bond acceptors (Lipinski definition) is 3. The fourth-order valence-corrected chi connectivity index (χ4v) is 1.92. The maximum Gasteiger partial charge on any atom is 0.153 e. The molecule has 1 aliphatic rings. The highest BCUT2D eigenvalue weighted by atomic mass is 79.9. The van der Waals surface area contributed by atoms with Crippen molar-refractivity contribution in [1.82, 2.24) is 20.1 Å². The number of halogens is 1. The van der Waals surface area contributed by atoms with Crippen molar-refractivity contribution >= 4 is 15.9 Å². The summed E-state index contributed by atoms with van der Waals surface area (Å²) in [6.45, 7) is 0.904. The maximum atomic E-state index is 4.40. The summed E-state index contributed by atoms with van der Waals surface area (Å²) in [5.41, 5.74) is 1.21. The number of hydrogen-bond donors (Lipinski definition) is 1. The molecule has 2 heterocycles. The van der Waals surface area contributed by atoms with E-state index in [1.54, 1.807) is 10.9 Å². The van der Waals surface area contributed by atoms with Gasteiger partial charge in [-0.15, -0.1) is 0 Å². The van der Waals surface area contributed by atoms with Crippen LogP contribution in [-0.4, -0.2) is 20.8 Å². The van der Waals surface area contributed by atoms with Crippen LogP contribution < -0.4 is 5.32 Å². The summed E-state index contributed by atoms with van der Waals surface area (Å²) < 4.78 is 2.71.